The first kappa shape index (κ1) is 10.4. The Hall–Kier alpha value is -2.11. The molecule has 16 heavy (non-hydrogen) atoms. The van der Waals surface area contributed by atoms with Crippen molar-refractivity contribution in [3.8, 4) is 0 Å². The van der Waals surface area contributed by atoms with Crippen molar-refractivity contribution < 1.29 is 0 Å². The summed E-state index contributed by atoms with van der Waals surface area (Å²) in [6.45, 7) is 6.01. The van der Waals surface area contributed by atoms with E-state index in [1.807, 2.05) is 30.3 Å². The fourth-order valence-electron chi connectivity index (χ4n) is 1.62. The molecule has 0 saturated heterocycles. The van der Waals surface area contributed by atoms with E-state index in [2.05, 4.69) is 31.5 Å². The summed E-state index contributed by atoms with van der Waals surface area (Å²) in [5.41, 5.74) is 1.19. The first-order valence-electron chi connectivity index (χ1n) is 5.16. The van der Waals surface area contributed by atoms with E-state index < -0.39 is 0 Å². The monoisotopic (exact) mass is 207 g/mol. The van der Waals surface area contributed by atoms with Gasteiger partial charge < -0.3 is 0 Å². The van der Waals surface area contributed by atoms with Crippen molar-refractivity contribution >= 4 is 12.4 Å². The van der Waals surface area contributed by atoms with Gasteiger partial charge in [0.05, 0.1) is 0 Å². The van der Waals surface area contributed by atoms with Crippen LogP contribution in [0.15, 0.2) is 42.5 Å². The van der Waals surface area contributed by atoms with Gasteiger partial charge in [-0.3, -0.25) is 5.41 Å². The van der Waals surface area contributed by atoms with Crippen molar-refractivity contribution in [1.29, 1.82) is 5.41 Å². The highest BCUT2D eigenvalue weighted by Gasteiger charge is 1.87. The Balaban J connectivity index is 2.85. The average Bonchev–Trinajstić information content (AvgIpc) is 2.33. The van der Waals surface area contributed by atoms with Crippen LogP contribution in [0.25, 0.3) is 6.58 Å². The average molecular weight is 207 g/mol. The van der Waals surface area contributed by atoms with E-state index in [0.29, 0.717) is 0 Å². The van der Waals surface area contributed by atoms with Gasteiger partial charge in [0.2, 0.25) is 0 Å². The maximum absolute atomic E-state index is 7.02. The lowest BCUT2D eigenvalue weighted by molar-refractivity contribution is 1.36. The van der Waals surface area contributed by atoms with E-state index in [9.17, 15) is 0 Å². The van der Waals surface area contributed by atoms with E-state index >= 15 is 0 Å². The first-order chi connectivity index (χ1) is 7.70. The molecular weight excluding hydrogens is 194 g/mol. The summed E-state index contributed by atoms with van der Waals surface area (Å²) in [7, 11) is 0. The van der Waals surface area contributed by atoms with Crippen LogP contribution in [-0.4, -0.2) is 5.87 Å². The highest BCUT2D eigenvalue weighted by atomic mass is 14.3. The Morgan fingerprint density at radius 1 is 1.00 bits per heavy atom. The molecule has 0 radical (unpaired) electrons. The normalized spacial score (nSPS) is 9.81. The number of aryl methyl sites for hydroxylation is 1. The van der Waals surface area contributed by atoms with Crippen molar-refractivity contribution in [2.75, 3.05) is 0 Å². The predicted molar refractivity (Wildman–Crippen MR) is 66.9 cm³/mol. The van der Waals surface area contributed by atoms with Crippen molar-refractivity contribution in [2.24, 2.45) is 0 Å². The van der Waals surface area contributed by atoms with Crippen LogP contribution in [0.1, 0.15) is 5.56 Å². The molecule has 2 rings (SSSR count). The molecule has 0 saturated carbocycles. The van der Waals surface area contributed by atoms with E-state index in [4.69, 9.17) is 5.41 Å². The van der Waals surface area contributed by atoms with Crippen LogP contribution in [-0.2, 0) is 0 Å². The maximum atomic E-state index is 7.02. The quantitative estimate of drug-likeness (QED) is 0.635. The zero-order valence-corrected chi connectivity index (χ0v) is 9.25. The molecule has 0 atom stereocenters. The molecule has 0 heterocycles. The third-order valence-corrected chi connectivity index (χ3v) is 2.71. The van der Waals surface area contributed by atoms with E-state index in [0.717, 1.165) is 15.7 Å². The molecule has 1 heteroatoms. The summed E-state index contributed by atoms with van der Waals surface area (Å²) in [4.78, 5) is 0. The predicted octanol–water partition coefficient (Wildman–Crippen LogP) is 1.61. The zero-order chi connectivity index (χ0) is 11.5. The molecule has 2 aromatic rings. The molecule has 0 aliphatic carbocycles. The molecule has 0 aromatic heterocycles. The molecule has 0 aliphatic rings. The first-order valence-corrected chi connectivity index (χ1v) is 5.16. The number of hydrogen-bond donors (Lipinski definition) is 1. The van der Waals surface area contributed by atoms with Gasteiger partial charge in [-0.25, -0.2) is 0 Å². The van der Waals surface area contributed by atoms with Gasteiger partial charge >= 0.3 is 0 Å². The SMILES string of the molecule is C=c1ccc(=c2ccc(=C=N)cc2)cc1C. The molecule has 0 aliphatic heterocycles. The highest BCUT2D eigenvalue weighted by molar-refractivity contribution is 5.47. The van der Waals surface area contributed by atoms with Crippen molar-refractivity contribution in [2.45, 2.75) is 6.92 Å². The van der Waals surface area contributed by atoms with Gasteiger partial charge in [0.1, 0.15) is 0 Å². The third kappa shape index (κ3) is 1.95. The fraction of sp³-hybridized carbons (Fsp3) is 0.0667. The van der Waals surface area contributed by atoms with Gasteiger partial charge in [0, 0.05) is 5.22 Å². The van der Waals surface area contributed by atoms with Crippen LogP contribution in [0, 0.1) is 22.8 Å². The molecule has 1 N–H and O–H groups in total. The van der Waals surface area contributed by atoms with Gasteiger partial charge in [-0.1, -0.05) is 36.9 Å². The Morgan fingerprint density at radius 3 is 2.19 bits per heavy atom. The molecular formula is C15H13N. The van der Waals surface area contributed by atoms with Gasteiger partial charge in [0.25, 0.3) is 0 Å². The van der Waals surface area contributed by atoms with Gasteiger partial charge in [-0.15, -0.1) is 0 Å². The number of benzene rings is 2. The number of nitrogens with one attached hydrogen (secondary N) is 1. The summed E-state index contributed by atoms with van der Waals surface area (Å²) in [6.07, 6.45) is 0. The van der Waals surface area contributed by atoms with Crippen molar-refractivity contribution in [3.05, 3.63) is 68.9 Å². The molecule has 78 valence electrons. The lowest BCUT2D eigenvalue weighted by atomic mass is 10.1. The maximum Gasteiger partial charge on any atom is 0.0354 e. The Morgan fingerprint density at radius 2 is 1.62 bits per heavy atom. The summed E-state index contributed by atoms with van der Waals surface area (Å²) in [6, 6.07) is 14.0. The minimum Gasteiger partial charge on any atom is -0.258 e. The Kier molecular flexibility index (Phi) is 2.72. The lowest BCUT2D eigenvalue weighted by Gasteiger charge is -1.93. The second kappa shape index (κ2) is 4.18. The summed E-state index contributed by atoms with van der Waals surface area (Å²) < 4.78 is 0. The summed E-state index contributed by atoms with van der Waals surface area (Å²) in [5, 5.41) is 11.2. The van der Waals surface area contributed by atoms with Crippen LogP contribution in [0.2, 0.25) is 0 Å². The molecule has 1 nitrogen and oxygen atoms in total. The third-order valence-electron chi connectivity index (χ3n) is 2.71. The molecule has 0 spiro atoms. The number of rotatable bonds is 0. The lowest BCUT2D eigenvalue weighted by Crippen LogP contribution is -2.01. The minimum atomic E-state index is 0.800. The molecule has 0 bridgehead atoms. The van der Waals surface area contributed by atoms with Crippen LogP contribution in [0.4, 0.5) is 0 Å². The van der Waals surface area contributed by atoms with E-state index in [-0.39, 0.29) is 0 Å². The molecule has 0 amide bonds. The summed E-state index contributed by atoms with van der Waals surface area (Å²) in [5.74, 6) is 2.37. The Bertz CT molecular complexity index is 714. The van der Waals surface area contributed by atoms with Crippen LogP contribution in [0.3, 0.4) is 0 Å². The zero-order valence-electron chi connectivity index (χ0n) is 9.25. The Labute approximate surface area is 94.2 Å². The van der Waals surface area contributed by atoms with Gasteiger partial charge in [-0.2, -0.15) is 0 Å². The standard InChI is InChI=1S/C15H13N/c1-11-3-6-15(9-12(11)2)14-7-4-13(10-16)5-8-14/h3-9,16H,1H2,2H3. The van der Waals surface area contributed by atoms with E-state index in [1.54, 1.807) is 0 Å². The molecule has 2 aromatic carbocycles. The minimum absolute atomic E-state index is 0.800. The summed E-state index contributed by atoms with van der Waals surface area (Å²) >= 11 is 0. The topological polar surface area (TPSA) is 23.9 Å². The van der Waals surface area contributed by atoms with Crippen LogP contribution >= 0.6 is 0 Å². The van der Waals surface area contributed by atoms with Gasteiger partial charge in [-0.05, 0) is 46.1 Å². The molecule has 0 fully saturated rings. The van der Waals surface area contributed by atoms with Crippen molar-refractivity contribution in [3.63, 3.8) is 0 Å². The second-order valence-electron chi connectivity index (χ2n) is 3.84. The van der Waals surface area contributed by atoms with Crippen LogP contribution < -0.4 is 10.4 Å². The largest absolute Gasteiger partial charge is 0.258 e. The second-order valence-corrected chi connectivity index (χ2v) is 3.84. The smallest absolute Gasteiger partial charge is 0.0354 e. The highest BCUT2D eigenvalue weighted by Crippen LogP contribution is 1.95. The van der Waals surface area contributed by atoms with Crippen LogP contribution in [0.5, 0.6) is 0 Å². The number of hydrogen-bond acceptors (Lipinski definition) is 1. The fourth-order valence-corrected chi connectivity index (χ4v) is 1.62. The van der Waals surface area contributed by atoms with Gasteiger partial charge in [0.15, 0.2) is 0 Å². The van der Waals surface area contributed by atoms with E-state index in [1.165, 1.54) is 10.8 Å². The molecule has 0 unspecified atom stereocenters. The van der Waals surface area contributed by atoms with Crippen molar-refractivity contribution in [1.82, 2.24) is 0 Å².